The molecule has 3 aromatic rings. The number of hydrogen-bond donors (Lipinski definition) is 1. The van der Waals surface area contributed by atoms with Crippen LogP contribution < -0.4 is 4.90 Å². The molecule has 1 aromatic heterocycles. The van der Waals surface area contributed by atoms with Gasteiger partial charge in [0.25, 0.3) is 0 Å². The molecule has 0 saturated carbocycles. The van der Waals surface area contributed by atoms with Crippen LogP contribution in [0.2, 0.25) is 0 Å². The van der Waals surface area contributed by atoms with Gasteiger partial charge in [0.05, 0.1) is 5.52 Å². The highest BCUT2D eigenvalue weighted by molar-refractivity contribution is 5.90. The molecular weight excluding hydrogens is 300 g/mol. The van der Waals surface area contributed by atoms with Crippen molar-refractivity contribution in [1.82, 2.24) is 4.98 Å². The van der Waals surface area contributed by atoms with E-state index in [4.69, 9.17) is 5.11 Å². The van der Waals surface area contributed by atoms with Crippen LogP contribution >= 0.6 is 0 Å². The van der Waals surface area contributed by atoms with Crippen molar-refractivity contribution in [3.63, 3.8) is 0 Å². The molecule has 1 N–H and O–H groups in total. The third-order valence-electron chi connectivity index (χ3n) is 3.89. The van der Waals surface area contributed by atoms with Crippen LogP contribution in [0.15, 0.2) is 60.8 Å². The molecule has 0 saturated heterocycles. The summed E-state index contributed by atoms with van der Waals surface area (Å²) in [4.78, 5) is 16.8. The van der Waals surface area contributed by atoms with Gasteiger partial charge in [-0.1, -0.05) is 42.5 Å². The number of nitrogens with zero attached hydrogens (tertiary/aromatic N) is 2. The van der Waals surface area contributed by atoms with Gasteiger partial charge in [0.2, 0.25) is 0 Å². The number of rotatable bonds is 4. The molecule has 3 rings (SSSR count). The summed E-state index contributed by atoms with van der Waals surface area (Å²) in [7, 11) is 0. The summed E-state index contributed by atoms with van der Waals surface area (Å²) in [6.45, 7) is 2.24. The van der Waals surface area contributed by atoms with Crippen molar-refractivity contribution in [3.8, 4) is 0 Å². The first-order valence-electron chi connectivity index (χ1n) is 7.81. The molecule has 1 heterocycles. The van der Waals surface area contributed by atoms with Crippen LogP contribution in [0, 0.1) is 0 Å². The van der Waals surface area contributed by atoms with Gasteiger partial charge >= 0.3 is 6.09 Å². The fraction of sp³-hybridized carbons (Fsp3) is 0.100. The fourth-order valence-corrected chi connectivity index (χ4v) is 2.64. The number of amides is 1. The quantitative estimate of drug-likeness (QED) is 0.743. The third-order valence-corrected chi connectivity index (χ3v) is 3.89. The van der Waals surface area contributed by atoms with Crippen molar-refractivity contribution in [2.45, 2.75) is 6.92 Å². The van der Waals surface area contributed by atoms with Crippen LogP contribution in [0.5, 0.6) is 0 Å². The topological polar surface area (TPSA) is 53.4 Å². The van der Waals surface area contributed by atoms with Gasteiger partial charge in [-0.05, 0) is 42.3 Å². The highest BCUT2D eigenvalue weighted by atomic mass is 16.4. The van der Waals surface area contributed by atoms with Crippen molar-refractivity contribution < 1.29 is 9.90 Å². The normalized spacial score (nSPS) is 11.0. The number of fused-ring (bicyclic) bond motifs is 1. The van der Waals surface area contributed by atoms with E-state index in [0.717, 1.165) is 22.0 Å². The number of carboxylic acid groups (broad SMARTS) is 1. The Kier molecular flexibility index (Phi) is 4.57. The Morgan fingerprint density at radius 1 is 1.08 bits per heavy atom. The molecule has 0 radical (unpaired) electrons. The monoisotopic (exact) mass is 318 g/mol. The van der Waals surface area contributed by atoms with Gasteiger partial charge in [-0.3, -0.25) is 9.88 Å². The summed E-state index contributed by atoms with van der Waals surface area (Å²) in [6, 6.07) is 17.5. The number of pyridine rings is 1. The first-order valence-corrected chi connectivity index (χ1v) is 7.81. The van der Waals surface area contributed by atoms with E-state index in [1.165, 1.54) is 4.90 Å². The first kappa shape index (κ1) is 15.7. The maximum atomic E-state index is 11.2. The number of hydrogen-bond acceptors (Lipinski definition) is 2. The van der Waals surface area contributed by atoms with Crippen molar-refractivity contribution in [2.24, 2.45) is 0 Å². The van der Waals surface area contributed by atoms with Gasteiger partial charge in [-0.25, -0.2) is 4.79 Å². The molecule has 0 unspecified atom stereocenters. The molecule has 0 aliphatic carbocycles. The lowest BCUT2D eigenvalue weighted by molar-refractivity contribution is 0.202. The molecule has 24 heavy (non-hydrogen) atoms. The lowest BCUT2D eigenvalue weighted by Gasteiger charge is -2.16. The van der Waals surface area contributed by atoms with Gasteiger partial charge in [0.1, 0.15) is 0 Å². The molecule has 0 aliphatic rings. The van der Waals surface area contributed by atoms with Crippen molar-refractivity contribution >= 4 is 34.8 Å². The number of anilines is 1. The van der Waals surface area contributed by atoms with Crippen LogP contribution in [0.1, 0.15) is 18.1 Å². The van der Waals surface area contributed by atoms with Crippen molar-refractivity contribution in [1.29, 1.82) is 0 Å². The Labute approximate surface area is 140 Å². The predicted octanol–water partition coefficient (Wildman–Crippen LogP) is 4.91. The van der Waals surface area contributed by atoms with Crippen LogP contribution in [0.3, 0.4) is 0 Å². The van der Waals surface area contributed by atoms with Gasteiger partial charge in [0.15, 0.2) is 0 Å². The number of aromatic nitrogens is 1. The second-order valence-electron chi connectivity index (χ2n) is 5.37. The van der Waals surface area contributed by atoms with Crippen LogP contribution in [0.4, 0.5) is 10.5 Å². The Hall–Kier alpha value is -3.14. The Balaban J connectivity index is 1.85. The molecule has 0 aliphatic heterocycles. The highest BCUT2D eigenvalue weighted by Crippen LogP contribution is 2.20. The molecule has 4 nitrogen and oxygen atoms in total. The second kappa shape index (κ2) is 6.96. The van der Waals surface area contributed by atoms with E-state index in [1.807, 2.05) is 67.6 Å². The standard InChI is InChI=1S/C20H18N2O2/c1-2-22(20(23)24)17-11-8-15(9-12-17)7-10-16-13-14-21-19-6-4-3-5-18(16)19/h3-14H,2H2,1H3,(H,23,24). The van der Waals surface area contributed by atoms with E-state index < -0.39 is 6.09 Å². The summed E-state index contributed by atoms with van der Waals surface area (Å²) in [6.07, 6.45) is 4.93. The number of benzene rings is 2. The average Bonchev–Trinajstić information content (AvgIpc) is 2.61. The summed E-state index contributed by atoms with van der Waals surface area (Å²) < 4.78 is 0. The summed E-state index contributed by atoms with van der Waals surface area (Å²) >= 11 is 0. The highest BCUT2D eigenvalue weighted by Gasteiger charge is 2.10. The van der Waals surface area contributed by atoms with Gasteiger partial charge in [-0.2, -0.15) is 0 Å². The van der Waals surface area contributed by atoms with Crippen LogP contribution in [0.25, 0.3) is 23.1 Å². The maximum Gasteiger partial charge on any atom is 0.411 e. The minimum absolute atomic E-state index is 0.424. The van der Waals surface area contributed by atoms with Crippen molar-refractivity contribution in [2.75, 3.05) is 11.4 Å². The Morgan fingerprint density at radius 3 is 2.54 bits per heavy atom. The van der Waals surface area contributed by atoms with Crippen LogP contribution in [-0.4, -0.2) is 22.7 Å². The van der Waals surface area contributed by atoms with E-state index in [0.29, 0.717) is 12.2 Å². The zero-order valence-corrected chi connectivity index (χ0v) is 13.4. The first-order chi connectivity index (χ1) is 11.7. The van der Waals surface area contributed by atoms with Gasteiger partial charge in [-0.15, -0.1) is 0 Å². The average molecular weight is 318 g/mol. The van der Waals surface area contributed by atoms with Gasteiger partial charge in [0, 0.05) is 23.8 Å². The smallest absolute Gasteiger partial charge is 0.411 e. The molecule has 4 heteroatoms. The minimum atomic E-state index is -0.941. The number of carbonyl (C=O) groups is 1. The number of para-hydroxylation sites is 1. The van der Waals surface area contributed by atoms with E-state index in [1.54, 1.807) is 6.20 Å². The largest absolute Gasteiger partial charge is 0.465 e. The second-order valence-corrected chi connectivity index (χ2v) is 5.37. The molecule has 120 valence electrons. The molecule has 1 amide bonds. The maximum absolute atomic E-state index is 11.2. The lowest BCUT2D eigenvalue weighted by atomic mass is 10.1. The summed E-state index contributed by atoms with van der Waals surface area (Å²) in [5.41, 5.74) is 3.76. The SMILES string of the molecule is CCN(C(=O)O)c1ccc(C=Cc2ccnc3ccccc23)cc1. The van der Waals surface area contributed by atoms with Crippen LogP contribution in [-0.2, 0) is 0 Å². The van der Waals surface area contributed by atoms with Crippen molar-refractivity contribution in [3.05, 3.63) is 71.9 Å². The lowest BCUT2D eigenvalue weighted by Crippen LogP contribution is -2.28. The Morgan fingerprint density at radius 2 is 1.83 bits per heavy atom. The molecule has 0 atom stereocenters. The zero-order valence-electron chi connectivity index (χ0n) is 13.4. The zero-order chi connectivity index (χ0) is 16.9. The molecule has 0 spiro atoms. The predicted molar refractivity (Wildman–Crippen MR) is 98.2 cm³/mol. The minimum Gasteiger partial charge on any atom is -0.465 e. The molecule has 0 bridgehead atoms. The fourth-order valence-electron chi connectivity index (χ4n) is 2.64. The van der Waals surface area contributed by atoms with Gasteiger partial charge < -0.3 is 5.11 Å². The molecule has 0 fully saturated rings. The molecular formula is C20H18N2O2. The summed E-state index contributed by atoms with van der Waals surface area (Å²) in [5.74, 6) is 0. The summed E-state index contributed by atoms with van der Waals surface area (Å²) in [5, 5.41) is 10.3. The molecule has 2 aromatic carbocycles. The Bertz CT molecular complexity index is 880. The van der Waals surface area contributed by atoms with E-state index in [9.17, 15) is 4.79 Å². The van der Waals surface area contributed by atoms with E-state index >= 15 is 0 Å². The van der Waals surface area contributed by atoms with E-state index in [-0.39, 0.29) is 0 Å². The van der Waals surface area contributed by atoms with E-state index in [2.05, 4.69) is 11.1 Å². The third kappa shape index (κ3) is 3.27.